The van der Waals surface area contributed by atoms with Crippen molar-refractivity contribution >= 4 is 33.9 Å². The van der Waals surface area contributed by atoms with Gasteiger partial charge in [-0.25, -0.2) is 9.18 Å². The first kappa shape index (κ1) is 24.0. The number of aromatic nitrogens is 1. The number of carboxylic acids is 1. The van der Waals surface area contributed by atoms with Gasteiger partial charge in [0.2, 0.25) is 5.43 Å². The molecule has 1 spiro atoms. The fourth-order valence-corrected chi connectivity index (χ4v) is 5.66. The standard InChI is InChI=1S/C27H31FN4O4/c1-2-31(17-9-4-3-5-10-17)14-8-13-30-22-20(28)21(29)19-23-25(22)36-16-27(11-6-7-12-27)32(23)15-18(24(19)33)26(34)35/h3-5,9-10,15,30H,2,6-8,11-14,16,29H2,1H3,(H,34,35). The largest absolute Gasteiger partial charge is 0.487 e. The summed E-state index contributed by atoms with van der Waals surface area (Å²) in [5, 5.41) is 12.7. The number of ether oxygens (including phenoxy) is 1. The lowest BCUT2D eigenvalue weighted by Crippen LogP contribution is -2.42. The Labute approximate surface area is 208 Å². The van der Waals surface area contributed by atoms with E-state index in [1.165, 1.54) is 6.20 Å². The summed E-state index contributed by atoms with van der Waals surface area (Å²) in [6.07, 6.45) is 5.63. The number of nitrogen functional groups attached to an aromatic ring is 1. The van der Waals surface area contributed by atoms with E-state index in [-0.39, 0.29) is 29.1 Å². The van der Waals surface area contributed by atoms with E-state index in [9.17, 15) is 14.7 Å². The number of aromatic carboxylic acids is 1. The Balaban J connectivity index is 1.51. The van der Waals surface area contributed by atoms with E-state index in [4.69, 9.17) is 10.5 Å². The van der Waals surface area contributed by atoms with Crippen LogP contribution in [-0.2, 0) is 5.54 Å². The number of hydrogen-bond donors (Lipinski definition) is 3. The highest BCUT2D eigenvalue weighted by molar-refractivity contribution is 6.03. The summed E-state index contributed by atoms with van der Waals surface area (Å²) in [4.78, 5) is 27.2. The van der Waals surface area contributed by atoms with Gasteiger partial charge in [-0.05, 0) is 38.3 Å². The molecular formula is C27H31FN4O4. The number of carbonyl (C=O) groups is 1. The first-order valence-electron chi connectivity index (χ1n) is 12.5. The molecule has 0 bridgehead atoms. The van der Waals surface area contributed by atoms with E-state index in [1.807, 2.05) is 22.8 Å². The van der Waals surface area contributed by atoms with Crippen molar-refractivity contribution in [2.24, 2.45) is 0 Å². The topological polar surface area (TPSA) is 110 Å². The smallest absolute Gasteiger partial charge is 0.341 e. The molecule has 2 heterocycles. The number of nitrogens with zero attached hydrogens (tertiary/aromatic N) is 2. The van der Waals surface area contributed by atoms with Gasteiger partial charge >= 0.3 is 5.97 Å². The zero-order chi connectivity index (χ0) is 25.4. The summed E-state index contributed by atoms with van der Waals surface area (Å²) < 4.78 is 23.5. The molecule has 9 heteroatoms. The summed E-state index contributed by atoms with van der Waals surface area (Å²) in [7, 11) is 0. The second kappa shape index (κ2) is 9.37. The molecular weight excluding hydrogens is 463 g/mol. The van der Waals surface area contributed by atoms with Gasteiger partial charge in [-0.2, -0.15) is 0 Å². The van der Waals surface area contributed by atoms with Gasteiger partial charge in [0.1, 0.15) is 17.9 Å². The number of para-hydroxylation sites is 1. The van der Waals surface area contributed by atoms with E-state index in [0.717, 1.165) is 50.9 Å². The molecule has 2 aromatic carbocycles. The Kier molecular flexibility index (Phi) is 6.24. The van der Waals surface area contributed by atoms with E-state index in [2.05, 4.69) is 29.3 Å². The van der Waals surface area contributed by atoms with Crippen LogP contribution in [0.3, 0.4) is 0 Å². The maximum absolute atomic E-state index is 15.6. The maximum Gasteiger partial charge on any atom is 0.341 e. The average molecular weight is 495 g/mol. The summed E-state index contributed by atoms with van der Waals surface area (Å²) in [5.74, 6) is -1.92. The molecule has 0 unspecified atom stereocenters. The van der Waals surface area contributed by atoms with Crippen LogP contribution in [0.1, 0.15) is 49.4 Å². The Morgan fingerprint density at radius 3 is 2.67 bits per heavy atom. The van der Waals surface area contributed by atoms with Crippen LogP contribution in [0.5, 0.6) is 5.75 Å². The van der Waals surface area contributed by atoms with Gasteiger partial charge in [-0.1, -0.05) is 31.0 Å². The minimum atomic E-state index is -1.35. The molecule has 1 aliphatic heterocycles. The quantitative estimate of drug-likeness (QED) is 0.314. The summed E-state index contributed by atoms with van der Waals surface area (Å²) >= 11 is 0. The van der Waals surface area contributed by atoms with E-state index in [0.29, 0.717) is 12.1 Å². The fourth-order valence-electron chi connectivity index (χ4n) is 5.66. The Hall–Kier alpha value is -3.75. The molecule has 0 radical (unpaired) electrons. The zero-order valence-corrected chi connectivity index (χ0v) is 20.3. The lowest BCUT2D eigenvalue weighted by molar-refractivity contribution is 0.0692. The second-order valence-electron chi connectivity index (χ2n) is 9.62. The van der Waals surface area contributed by atoms with Crippen LogP contribution in [0.2, 0.25) is 0 Å². The number of hydrogen-bond acceptors (Lipinski definition) is 6. The van der Waals surface area contributed by atoms with Crippen molar-refractivity contribution in [2.75, 3.05) is 42.2 Å². The van der Waals surface area contributed by atoms with Crippen molar-refractivity contribution in [3.05, 3.63) is 58.1 Å². The van der Waals surface area contributed by atoms with E-state index < -0.39 is 28.3 Å². The number of fused-ring (bicyclic) bond motifs is 1. The van der Waals surface area contributed by atoms with Crippen LogP contribution in [0.15, 0.2) is 41.3 Å². The van der Waals surface area contributed by atoms with Crippen LogP contribution in [0, 0.1) is 5.82 Å². The van der Waals surface area contributed by atoms with Crippen LogP contribution < -0.4 is 26.1 Å². The average Bonchev–Trinajstić information content (AvgIpc) is 3.35. The minimum Gasteiger partial charge on any atom is -0.487 e. The lowest BCUT2D eigenvalue weighted by atomic mass is 9.93. The van der Waals surface area contributed by atoms with Crippen LogP contribution >= 0.6 is 0 Å². The van der Waals surface area contributed by atoms with Crippen molar-refractivity contribution in [3.8, 4) is 5.75 Å². The van der Waals surface area contributed by atoms with Gasteiger partial charge in [0.15, 0.2) is 11.6 Å². The fraction of sp³-hybridized carbons (Fsp3) is 0.407. The molecule has 36 heavy (non-hydrogen) atoms. The first-order chi connectivity index (χ1) is 17.4. The maximum atomic E-state index is 15.6. The number of nitrogens with two attached hydrogens (primary N) is 1. The number of anilines is 3. The third kappa shape index (κ3) is 3.83. The van der Waals surface area contributed by atoms with Crippen LogP contribution in [0.4, 0.5) is 21.5 Å². The Morgan fingerprint density at radius 2 is 2.00 bits per heavy atom. The normalized spacial score (nSPS) is 15.7. The number of benzene rings is 2. The highest BCUT2D eigenvalue weighted by Gasteiger charge is 2.43. The van der Waals surface area contributed by atoms with Crippen molar-refractivity contribution < 1.29 is 19.0 Å². The summed E-state index contributed by atoms with van der Waals surface area (Å²) in [6, 6.07) is 10.1. The third-order valence-electron chi connectivity index (χ3n) is 7.55. The second-order valence-corrected chi connectivity index (χ2v) is 9.62. The molecule has 0 amide bonds. The van der Waals surface area contributed by atoms with E-state index >= 15 is 4.39 Å². The molecule has 190 valence electrons. The Bertz CT molecular complexity index is 1370. The highest BCUT2D eigenvalue weighted by Crippen LogP contribution is 2.48. The molecule has 2 aliphatic rings. The number of carboxylic acid groups (broad SMARTS) is 1. The predicted molar refractivity (Wildman–Crippen MR) is 139 cm³/mol. The third-order valence-corrected chi connectivity index (χ3v) is 7.55. The van der Waals surface area contributed by atoms with Gasteiger partial charge < -0.3 is 30.4 Å². The predicted octanol–water partition coefficient (Wildman–Crippen LogP) is 4.41. The van der Waals surface area contributed by atoms with Gasteiger partial charge in [-0.15, -0.1) is 0 Å². The lowest BCUT2D eigenvalue weighted by Gasteiger charge is -2.39. The highest BCUT2D eigenvalue weighted by atomic mass is 19.1. The number of halogens is 1. The molecule has 1 aliphatic carbocycles. The number of nitrogens with one attached hydrogen (secondary N) is 1. The number of pyridine rings is 1. The van der Waals surface area contributed by atoms with Crippen LogP contribution in [-0.4, -0.2) is 41.9 Å². The molecule has 5 rings (SSSR count). The molecule has 0 saturated heterocycles. The van der Waals surface area contributed by atoms with E-state index in [1.54, 1.807) is 0 Å². The Morgan fingerprint density at radius 1 is 1.28 bits per heavy atom. The molecule has 8 nitrogen and oxygen atoms in total. The minimum absolute atomic E-state index is 0.117. The van der Waals surface area contributed by atoms with Gasteiger partial charge in [0.05, 0.1) is 22.1 Å². The van der Waals surface area contributed by atoms with Crippen molar-refractivity contribution in [1.82, 2.24) is 4.57 Å². The van der Waals surface area contributed by atoms with Crippen molar-refractivity contribution in [2.45, 2.75) is 44.6 Å². The van der Waals surface area contributed by atoms with Crippen molar-refractivity contribution in [1.29, 1.82) is 0 Å². The number of rotatable bonds is 8. The molecule has 3 aromatic rings. The summed E-state index contributed by atoms with van der Waals surface area (Å²) in [5.41, 5.74) is 5.75. The molecule has 4 N–H and O–H groups in total. The first-order valence-corrected chi connectivity index (χ1v) is 12.5. The summed E-state index contributed by atoms with van der Waals surface area (Å²) in [6.45, 7) is 4.45. The molecule has 1 saturated carbocycles. The SMILES string of the molecule is CCN(CCCNc1c(F)c(N)c2c(=O)c(C(=O)O)cn3c2c1OCC31CCCC1)c1ccccc1. The van der Waals surface area contributed by atoms with Gasteiger partial charge in [0, 0.05) is 31.5 Å². The molecule has 1 aromatic heterocycles. The van der Waals surface area contributed by atoms with Crippen LogP contribution in [0.25, 0.3) is 10.9 Å². The molecule has 1 fully saturated rings. The zero-order valence-electron chi connectivity index (χ0n) is 20.3. The monoisotopic (exact) mass is 494 g/mol. The van der Waals surface area contributed by atoms with Crippen molar-refractivity contribution in [3.63, 3.8) is 0 Å². The van der Waals surface area contributed by atoms with Gasteiger partial charge in [0.25, 0.3) is 0 Å². The van der Waals surface area contributed by atoms with Gasteiger partial charge in [-0.3, -0.25) is 4.79 Å². The molecule has 0 atom stereocenters.